The molecule has 1 unspecified atom stereocenters. The van der Waals surface area contributed by atoms with Crippen LogP contribution in [-0.4, -0.2) is 46.6 Å². The molecule has 3 nitrogen and oxygen atoms in total. The van der Waals surface area contributed by atoms with Crippen LogP contribution in [0.5, 0.6) is 0 Å². The summed E-state index contributed by atoms with van der Waals surface area (Å²) < 4.78 is 0. The number of hydrogen-bond donors (Lipinski definition) is 1. The molecule has 0 saturated carbocycles. The zero-order valence-electron chi connectivity index (χ0n) is 9.12. The number of nitrogens with zero attached hydrogens (tertiary/aromatic N) is 1. The predicted octanol–water partition coefficient (Wildman–Crippen LogP) is 1.53. The second-order valence-corrected chi connectivity index (χ2v) is 6.15. The van der Waals surface area contributed by atoms with Crippen molar-refractivity contribution in [1.29, 1.82) is 0 Å². The molecule has 1 N–H and O–H groups in total. The van der Waals surface area contributed by atoms with Gasteiger partial charge in [-0.3, -0.25) is 4.79 Å². The quantitative estimate of drug-likeness (QED) is 0.778. The molecule has 82 valence electrons. The maximum atomic E-state index is 10.9. The summed E-state index contributed by atoms with van der Waals surface area (Å²) in [6.07, 6.45) is 0. The van der Waals surface area contributed by atoms with E-state index in [4.69, 9.17) is 5.11 Å². The fourth-order valence-corrected chi connectivity index (χ4v) is 2.74. The number of carboxylic acid groups (broad SMARTS) is 1. The van der Waals surface area contributed by atoms with Gasteiger partial charge in [-0.15, -0.1) is 0 Å². The standard InChI is InChI=1S/C10H19NO2S/c1-8-6-11(4-5-14-8)7-10(2,3)9(12)13/h8H,4-7H2,1-3H3,(H,12,13). The molecule has 0 amide bonds. The zero-order chi connectivity index (χ0) is 10.8. The Hall–Kier alpha value is -0.220. The van der Waals surface area contributed by atoms with Gasteiger partial charge in [-0.05, 0) is 13.8 Å². The van der Waals surface area contributed by atoms with E-state index in [1.165, 1.54) is 0 Å². The molecule has 0 aromatic rings. The molecule has 0 radical (unpaired) electrons. The van der Waals surface area contributed by atoms with Crippen LogP contribution in [0.3, 0.4) is 0 Å². The molecule has 1 heterocycles. The molecule has 0 bridgehead atoms. The Labute approximate surface area is 89.9 Å². The Balaban J connectivity index is 2.47. The first-order valence-corrected chi connectivity index (χ1v) is 6.04. The van der Waals surface area contributed by atoms with E-state index in [0.717, 1.165) is 18.8 Å². The normalized spacial score (nSPS) is 24.9. The highest BCUT2D eigenvalue weighted by Gasteiger charge is 2.31. The van der Waals surface area contributed by atoms with Crippen LogP contribution in [0, 0.1) is 5.41 Å². The maximum Gasteiger partial charge on any atom is 0.310 e. The van der Waals surface area contributed by atoms with E-state index < -0.39 is 11.4 Å². The monoisotopic (exact) mass is 217 g/mol. The van der Waals surface area contributed by atoms with Crippen LogP contribution < -0.4 is 0 Å². The minimum Gasteiger partial charge on any atom is -0.481 e. The lowest BCUT2D eigenvalue weighted by molar-refractivity contribution is -0.147. The molecule has 14 heavy (non-hydrogen) atoms. The van der Waals surface area contributed by atoms with E-state index >= 15 is 0 Å². The molecule has 1 rings (SSSR count). The lowest BCUT2D eigenvalue weighted by Gasteiger charge is -2.34. The largest absolute Gasteiger partial charge is 0.481 e. The van der Waals surface area contributed by atoms with Gasteiger partial charge in [0.15, 0.2) is 0 Å². The van der Waals surface area contributed by atoms with Crippen molar-refractivity contribution in [1.82, 2.24) is 4.90 Å². The fraction of sp³-hybridized carbons (Fsp3) is 0.900. The molecular weight excluding hydrogens is 198 g/mol. The molecule has 4 heteroatoms. The smallest absolute Gasteiger partial charge is 0.310 e. The maximum absolute atomic E-state index is 10.9. The number of thioether (sulfide) groups is 1. The van der Waals surface area contributed by atoms with Crippen LogP contribution in [0.2, 0.25) is 0 Å². The van der Waals surface area contributed by atoms with Gasteiger partial charge in [0.2, 0.25) is 0 Å². The van der Waals surface area contributed by atoms with Gasteiger partial charge in [0, 0.05) is 30.6 Å². The molecule has 0 aromatic carbocycles. The second-order valence-electron chi connectivity index (χ2n) is 4.61. The van der Waals surface area contributed by atoms with Crippen molar-refractivity contribution in [3.63, 3.8) is 0 Å². The molecule has 1 fully saturated rings. The van der Waals surface area contributed by atoms with Gasteiger partial charge in [0.05, 0.1) is 5.41 Å². The van der Waals surface area contributed by atoms with E-state index in [1.54, 1.807) is 13.8 Å². The minimum absolute atomic E-state index is 0.623. The fourth-order valence-electron chi connectivity index (χ4n) is 1.66. The number of carbonyl (C=O) groups is 1. The van der Waals surface area contributed by atoms with Gasteiger partial charge in [0.1, 0.15) is 0 Å². The highest BCUT2D eigenvalue weighted by atomic mass is 32.2. The molecule has 0 spiro atoms. The van der Waals surface area contributed by atoms with Crippen molar-refractivity contribution in [2.75, 3.05) is 25.4 Å². The van der Waals surface area contributed by atoms with Gasteiger partial charge in [-0.1, -0.05) is 6.92 Å². The zero-order valence-corrected chi connectivity index (χ0v) is 9.93. The van der Waals surface area contributed by atoms with E-state index in [0.29, 0.717) is 11.8 Å². The molecule has 0 aromatic heterocycles. The van der Waals surface area contributed by atoms with Crippen LogP contribution in [0.1, 0.15) is 20.8 Å². The first-order valence-electron chi connectivity index (χ1n) is 4.99. The van der Waals surface area contributed by atoms with Crippen LogP contribution in [-0.2, 0) is 4.79 Å². The molecule has 0 aliphatic carbocycles. The summed E-state index contributed by atoms with van der Waals surface area (Å²) >= 11 is 1.97. The number of hydrogen-bond acceptors (Lipinski definition) is 3. The Bertz CT molecular complexity index is 218. The van der Waals surface area contributed by atoms with Gasteiger partial charge < -0.3 is 10.0 Å². The van der Waals surface area contributed by atoms with Crippen LogP contribution >= 0.6 is 11.8 Å². The summed E-state index contributed by atoms with van der Waals surface area (Å²) in [6.45, 7) is 8.48. The van der Waals surface area contributed by atoms with Gasteiger partial charge in [-0.25, -0.2) is 0 Å². The lowest BCUT2D eigenvalue weighted by atomic mass is 9.93. The Morgan fingerprint density at radius 1 is 1.64 bits per heavy atom. The molecule has 1 atom stereocenters. The predicted molar refractivity (Wildman–Crippen MR) is 59.8 cm³/mol. The number of rotatable bonds is 3. The topological polar surface area (TPSA) is 40.5 Å². The van der Waals surface area contributed by atoms with E-state index in [-0.39, 0.29) is 0 Å². The van der Waals surface area contributed by atoms with Crippen molar-refractivity contribution < 1.29 is 9.90 Å². The van der Waals surface area contributed by atoms with Crippen molar-refractivity contribution >= 4 is 17.7 Å². The van der Waals surface area contributed by atoms with Crippen molar-refractivity contribution in [3.8, 4) is 0 Å². The number of carboxylic acids is 1. The third-order valence-corrected chi connectivity index (χ3v) is 3.66. The molecule has 1 aliphatic rings. The highest BCUT2D eigenvalue weighted by Crippen LogP contribution is 2.23. The summed E-state index contributed by atoms with van der Waals surface area (Å²) in [4.78, 5) is 13.2. The van der Waals surface area contributed by atoms with Gasteiger partial charge in [0.25, 0.3) is 0 Å². The minimum atomic E-state index is -0.705. The first-order chi connectivity index (χ1) is 6.42. The van der Waals surface area contributed by atoms with Crippen molar-refractivity contribution in [2.45, 2.75) is 26.0 Å². The summed E-state index contributed by atoms with van der Waals surface area (Å²) in [5.74, 6) is 0.417. The lowest BCUT2D eigenvalue weighted by Crippen LogP contribution is -2.44. The Morgan fingerprint density at radius 2 is 2.29 bits per heavy atom. The third kappa shape index (κ3) is 3.17. The summed E-state index contributed by atoms with van der Waals surface area (Å²) in [6, 6.07) is 0. The third-order valence-electron chi connectivity index (χ3n) is 2.52. The number of aliphatic carboxylic acids is 1. The van der Waals surface area contributed by atoms with E-state index in [9.17, 15) is 4.79 Å². The molecule has 1 aliphatic heterocycles. The van der Waals surface area contributed by atoms with Crippen LogP contribution in [0.4, 0.5) is 0 Å². The highest BCUT2D eigenvalue weighted by molar-refractivity contribution is 7.99. The average Bonchev–Trinajstić information content (AvgIpc) is 2.02. The Kier molecular flexibility index (Phi) is 3.84. The second kappa shape index (κ2) is 4.53. The summed E-state index contributed by atoms with van der Waals surface area (Å²) in [5.41, 5.74) is -0.623. The van der Waals surface area contributed by atoms with Gasteiger partial charge in [-0.2, -0.15) is 11.8 Å². The average molecular weight is 217 g/mol. The summed E-state index contributed by atoms with van der Waals surface area (Å²) in [5, 5.41) is 9.64. The molecular formula is C10H19NO2S. The Morgan fingerprint density at radius 3 is 2.79 bits per heavy atom. The molecule has 1 saturated heterocycles. The SMILES string of the molecule is CC1CN(CC(C)(C)C(=O)O)CCS1. The van der Waals surface area contributed by atoms with Gasteiger partial charge >= 0.3 is 5.97 Å². The summed E-state index contributed by atoms with van der Waals surface area (Å²) in [7, 11) is 0. The van der Waals surface area contributed by atoms with Crippen molar-refractivity contribution in [2.24, 2.45) is 5.41 Å². The van der Waals surface area contributed by atoms with Crippen molar-refractivity contribution in [3.05, 3.63) is 0 Å². The first kappa shape index (κ1) is 11.9. The van der Waals surface area contributed by atoms with Crippen LogP contribution in [0.15, 0.2) is 0 Å². The van der Waals surface area contributed by atoms with E-state index in [1.807, 2.05) is 11.8 Å². The van der Waals surface area contributed by atoms with E-state index in [2.05, 4.69) is 11.8 Å². The van der Waals surface area contributed by atoms with Crippen LogP contribution in [0.25, 0.3) is 0 Å².